The van der Waals surface area contributed by atoms with Crippen LogP contribution in [0, 0.1) is 5.41 Å². The van der Waals surface area contributed by atoms with E-state index in [2.05, 4.69) is 27.2 Å². The molecule has 2 aromatic carbocycles. The summed E-state index contributed by atoms with van der Waals surface area (Å²) in [6.45, 7) is 3.77. The predicted octanol–water partition coefficient (Wildman–Crippen LogP) is 3.10. The van der Waals surface area contributed by atoms with Crippen molar-refractivity contribution in [2.45, 2.75) is 38.3 Å². The first kappa shape index (κ1) is 33.1. The average Bonchev–Trinajstić information content (AvgIpc) is 2.99. The van der Waals surface area contributed by atoms with Crippen molar-refractivity contribution in [3.8, 4) is 0 Å². The molecule has 0 radical (unpaired) electrons. The van der Waals surface area contributed by atoms with Crippen LogP contribution >= 0.6 is 23.4 Å². The van der Waals surface area contributed by atoms with Crippen LogP contribution in [0.25, 0.3) is 0 Å². The molecule has 0 saturated carbocycles. The summed E-state index contributed by atoms with van der Waals surface area (Å²) in [4.78, 5) is 48.2. The first-order chi connectivity index (χ1) is 20.7. The summed E-state index contributed by atoms with van der Waals surface area (Å²) in [5, 5.41) is 14.9. The highest BCUT2D eigenvalue weighted by Crippen LogP contribution is 2.19. The Morgan fingerprint density at radius 1 is 1.12 bits per heavy atom. The SMILES string of the molecule is C=CSC(=N)C(=O)C(CCCN=C(N)N)NC(=O)Cn1c(Cc2ccccc2)c(Cl)nc(NCCc2ccccc2)c1=O. The maximum atomic E-state index is 13.6. The van der Waals surface area contributed by atoms with Gasteiger partial charge in [-0.15, -0.1) is 0 Å². The zero-order valence-electron chi connectivity index (χ0n) is 23.6. The topological polar surface area (TPSA) is 181 Å². The van der Waals surface area contributed by atoms with Crippen molar-refractivity contribution < 1.29 is 9.59 Å². The van der Waals surface area contributed by atoms with E-state index < -0.39 is 29.8 Å². The van der Waals surface area contributed by atoms with Crippen LogP contribution in [0.2, 0.25) is 5.15 Å². The van der Waals surface area contributed by atoms with E-state index in [4.69, 9.17) is 28.5 Å². The second-order valence-corrected chi connectivity index (χ2v) is 10.8. The van der Waals surface area contributed by atoms with Crippen LogP contribution in [0.5, 0.6) is 0 Å². The molecule has 1 amide bonds. The van der Waals surface area contributed by atoms with Gasteiger partial charge >= 0.3 is 0 Å². The molecule has 0 aliphatic heterocycles. The fraction of sp³-hybridized carbons (Fsp3) is 0.267. The molecule has 3 aromatic rings. The lowest BCUT2D eigenvalue weighted by Crippen LogP contribution is -2.45. The number of carbonyl (C=O) groups excluding carboxylic acids is 2. The molecule has 226 valence electrons. The van der Waals surface area contributed by atoms with E-state index in [-0.39, 0.29) is 41.4 Å². The standard InChI is InChI=1S/C30H35ClN8O3S/c1-2-43-27(32)25(41)22(14-9-16-36-30(33)34)37-24(40)19-39-23(18-21-12-7-4-8-13-21)26(31)38-28(29(39)42)35-17-15-20-10-5-3-6-11-20/h2-8,10-13,22,32H,1,9,14-19H2,(H,35,38)(H,37,40)(H4,33,34,36). The Bertz CT molecular complexity index is 1510. The number of hydrogen-bond acceptors (Lipinski definition) is 8. The number of aliphatic imine (C=N–C) groups is 1. The van der Waals surface area contributed by atoms with Crippen LogP contribution in [-0.4, -0.2) is 51.4 Å². The number of guanidine groups is 1. The molecule has 1 aromatic heterocycles. The van der Waals surface area contributed by atoms with Gasteiger partial charge in [-0.3, -0.25) is 29.4 Å². The van der Waals surface area contributed by atoms with E-state index in [1.54, 1.807) is 0 Å². The highest BCUT2D eigenvalue weighted by atomic mass is 35.5. The summed E-state index contributed by atoms with van der Waals surface area (Å²) in [5.74, 6) is -1.27. The summed E-state index contributed by atoms with van der Waals surface area (Å²) in [6.07, 6.45) is 1.44. The van der Waals surface area contributed by atoms with Crippen LogP contribution in [0.15, 0.2) is 82.4 Å². The molecule has 0 aliphatic rings. The van der Waals surface area contributed by atoms with E-state index in [1.165, 1.54) is 9.98 Å². The molecular formula is C30H35ClN8O3S. The molecule has 13 heteroatoms. The molecule has 0 fully saturated rings. The third-order valence-corrected chi connectivity index (χ3v) is 7.21. The molecule has 0 saturated heterocycles. The first-order valence-corrected chi connectivity index (χ1v) is 14.8. The minimum Gasteiger partial charge on any atom is -0.370 e. The van der Waals surface area contributed by atoms with E-state index >= 15 is 0 Å². The van der Waals surface area contributed by atoms with Crippen LogP contribution in [0.4, 0.5) is 5.82 Å². The average molecular weight is 623 g/mol. The Kier molecular flexibility index (Phi) is 13.0. The highest BCUT2D eigenvalue weighted by Gasteiger charge is 2.25. The van der Waals surface area contributed by atoms with E-state index in [9.17, 15) is 14.4 Å². The van der Waals surface area contributed by atoms with Gasteiger partial charge in [0.2, 0.25) is 11.7 Å². The van der Waals surface area contributed by atoms with Crippen LogP contribution in [0.1, 0.15) is 29.7 Å². The van der Waals surface area contributed by atoms with Crippen LogP contribution in [0.3, 0.4) is 0 Å². The van der Waals surface area contributed by atoms with Crippen LogP contribution < -0.4 is 27.7 Å². The zero-order chi connectivity index (χ0) is 31.2. The minimum atomic E-state index is -1.03. The van der Waals surface area contributed by atoms with Gasteiger partial charge < -0.3 is 22.1 Å². The van der Waals surface area contributed by atoms with E-state index in [0.29, 0.717) is 25.1 Å². The van der Waals surface area contributed by atoms with Crippen molar-refractivity contribution in [2.24, 2.45) is 16.5 Å². The number of nitrogens with one attached hydrogen (secondary N) is 3. The maximum Gasteiger partial charge on any atom is 0.294 e. The molecular weight excluding hydrogens is 588 g/mol. The summed E-state index contributed by atoms with van der Waals surface area (Å²) in [5.41, 5.74) is 12.5. The molecule has 11 nitrogen and oxygen atoms in total. The molecule has 43 heavy (non-hydrogen) atoms. The molecule has 7 N–H and O–H groups in total. The summed E-state index contributed by atoms with van der Waals surface area (Å²) >= 11 is 7.46. The number of amides is 1. The van der Waals surface area contributed by atoms with Gasteiger partial charge in [0.1, 0.15) is 11.6 Å². The second-order valence-electron chi connectivity index (χ2n) is 9.46. The number of rotatable bonds is 16. The van der Waals surface area contributed by atoms with Gasteiger partial charge in [-0.25, -0.2) is 4.98 Å². The number of carbonyl (C=O) groups is 2. The van der Waals surface area contributed by atoms with Crippen molar-refractivity contribution in [1.29, 1.82) is 5.41 Å². The number of nitrogens with two attached hydrogens (primary N) is 2. The third-order valence-electron chi connectivity index (χ3n) is 6.31. The lowest BCUT2D eigenvalue weighted by atomic mass is 10.1. The van der Waals surface area contributed by atoms with E-state index in [1.807, 2.05) is 60.7 Å². The van der Waals surface area contributed by atoms with Gasteiger partial charge in [0.05, 0.1) is 11.7 Å². The summed E-state index contributed by atoms with van der Waals surface area (Å²) < 4.78 is 1.27. The fourth-order valence-corrected chi connectivity index (χ4v) is 4.92. The Hall–Kier alpha value is -4.42. The smallest absolute Gasteiger partial charge is 0.294 e. The highest BCUT2D eigenvalue weighted by molar-refractivity contribution is 8.18. The van der Waals surface area contributed by atoms with Crippen molar-refractivity contribution in [2.75, 3.05) is 18.4 Å². The summed E-state index contributed by atoms with van der Waals surface area (Å²) in [7, 11) is 0. The van der Waals surface area contributed by atoms with Gasteiger partial charge in [0.25, 0.3) is 5.56 Å². The second kappa shape index (κ2) is 16.9. The Morgan fingerprint density at radius 2 is 1.77 bits per heavy atom. The number of thioether (sulfide) groups is 1. The quantitative estimate of drug-likeness (QED) is 0.0917. The van der Waals surface area contributed by atoms with Crippen LogP contribution in [-0.2, 0) is 29.0 Å². The molecule has 0 bridgehead atoms. The Labute approximate surface area is 259 Å². The van der Waals surface area contributed by atoms with Gasteiger partial charge in [-0.1, -0.05) is 90.6 Å². The Morgan fingerprint density at radius 3 is 2.40 bits per heavy atom. The molecule has 1 unspecified atom stereocenters. The van der Waals surface area contributed by atoms with Crippen molar-refractivity contribution in [1.82, 2.24) is 14.9 Å². The number of halogens is 1. The Balaban J connectivity index is 1.87. The maximum absolute atomic E-state index is 13.6. The van der Waals surface area contributed by atoms with Gasteiger partial charge in [-0.2, -0.15) is 0 Å². The number of Topliss-reactive ketones (excluding diaryl/α,β-unsaturated/α-hetero) is 1. The number of hydrogen-bond donors (Lipinski definition) is 5. The lowest BCUT2D eigenvalue weighted by Gasteiger charge is -2.20. The molecule has 1 heterocycles. The number of anilines is 1. The zero-order valence-corrected chi connectivity index (χ0v) is 25.2. The number of aromatic nitrogens is 2. The number of benzene rings is 2. The van der Waals surface area contributed by atoms with E-state index in [0.717, 1.165) is 22.9 Å². The van der Waals surface area contributed by atoms with Crippen molar-refractivity contribution in [3.05, 3.63) is 105 Å². The normalized spacial score (nSPS) is 11.3. The minimum absolute atomic E-state index is 0.0135. The molecule has 1 atom stereocenters. The van der Waals surface area contributed by atoms with Gasteiger partial charge in [-0.05, 0) is 35.8 Å². The molecule has 0 spiro atoms. The third kappa shape index (κ3) is 10.4. The lowest BCUT2D eigenvalue weighted by molar-refractivity contribution is -0.125. The van der Waals surface area contributed by atoms with Crippen molar-refractivity contribution >= 4 is 51.9 Å². The largest absolute Gasteiger partial charge is 0.370 e. The van der Waals surface area contributed by atoms with Crippen molar-refractivity contribution in [3.63, 3.8) is 0 Å². The molecule has 3 rings (SSSR count). The predicted molar refractivity (Wildman–Crippen MR) is 174 cm³/mol. The monoisotopic (exact) mass is 622 g/mol. The van der Waals surface area contributed by atoms with Gasteiger partial charge in [0.15, 0.2) is 16.9 Å². The van der Waals surface area contributed by atoms with Gasteiger partial charge in [0, 0.05) is 19.5 Å². The summed E-state index contributed by atoms with van der Waals surface area (Å²) in [6, 6.07) is 18.1. The number of nitrogens with zero attached hydrogens (tertiary/aromatic N) is 3. The fourth-order valence-electron chi connectivity index (χ4n) is 4.24. The first-order valence-electron chi connectivity index (χ1n) is 13.6. The molecule has 0 aliphatic carbocycles. The number of ketones is 1.